The Labute approximate surface area is 54.6 Å². The maximum Gasteiger partial charge on any atom is 0.115 e. The highest BCUT2D eigenvalue weighted by atomic mass is 19.1. The van der Waals surface area contributed by atoms with Gasteiger partial charge < -0.3 is 5.32 Å². The molecule has 0 aliphatic carbocycles. The zero-order valence-electron chi connectivity index (χ0n) is 5.44. The third kappa shape index (κ3) is 0.855. The minimum Gasteiger partial charge on any atom is -0.308 e. The topological polar surface area (TPSA) is 12.0 Å². The van der Waals surface area contributed by atoms with E-state index in [2.05, 4.69) is 5.32 Å². The van der Waals surface area contributed by atoms with Crippen molar-refractivity contribution in [3.8, 4) is 0 Å². The molecular weight excluding hydrogens is 117 g/mol. The molecule has 2 aliphatic rings. The minimum absolute atomic E-state index is 0.212. The second kappa shape index (κ2) is 1.94. The summed E-state index contributed by atoms with van der Waals surface area (Å²) >= 11 is 0. The van der Waals surface area contributed by atoms with E-state index in [0.717, 1.165) is 19.3 Å². The Balaban J connectivity index is 2.05. The van der Waals surface area contributed by atoms with Gasteiger partial charge in [0.15, 0.2) is 0 Å². The minimum atomic E-state index is -0.552. The Morgan fingerprint density at radius 1 is 1.11 bits per heavy atom. The first-order chi connectivity index (χ1) is 4.36. The van der Waals surface area contributed by atoms with Gasteiger partial charge in [-0.25, -0.2) is 4.39 Å². The molecule has 0 saturated carbocycles. The standard InChI is InChI=1S/C7H12FN/c8-6-3-1-5-2-4-7(6)9-5/h5-7,9H,1-4H2/t5?,6-,7?/m0/s1. The Bertz CT molecular complexity index is 115. The van der Waals surface area contributed by atoms with Crippen molar-refractivity contribution in [2.24, 2.45) is 0 Å². The number of halogens is 1. The Kier molecular flexibility index (Phi) is 1.22. The fourth-order valence-electron chi connectivity index (χ4n) is 1.92. The molecule has 3 atom stereocenters. The summed E-state index contributed by atoms with van der Waals surface area (Å²) in [6.45, 7) is 0. The number of nitrogens with one attached hydrogen (secondary N) is 1. The van der Waals surface area contributed by atoms with Crippen LogP contribution < -0.4 is 5.32 Å². The normalized spacial score (nSPS) is 49.7. The Morgan fingerprint density at radius 2 is 1.89 bits per heavy atom. The maximum atomic E-state index is 12.8. The predicted octanol–water partition coefficient (Wildman–Crippen LogP) is 1.24. The molecule has 0 aromatic heterocycles. The summed E-state index contributed by atoms with van der Waals surface area (Å²) in [7, 11) is 0. The molecule has 2 bridgehead atoms. The van der Waals surface area contributed by atoms with Gasteiger partial charge in [0, 0.05) is 12.1 Å². The highest BCUT2D eigenvalue weighted by Crippen LogP contribution is 2.28. The van der Waals surface area contributed by atoms with Gasteiger partial charge in [0.1, 0.15) is 6.17 Å². The fraction of sp³-hybridized carbons (Fsp3) is 1.00. The van der Waals surface area contributed by atoms with Crippen LogP contribution in [0, 0.1) is 0 Å². The molecule has 2 saturated heterocycles. The van der Waals surface area contributed by atoms with Gasteiger partial charge in [0.05, 0.1) is 0 Å². The smallest absolute Gasteiger partial charge is 0.115 e. The van der Waals surface area contributed by atoms with Crippen LogP contribution in [-0.2, 0) is 0 Å². The molecule has 1 N–H and O–H groups in total. The Hall–Kier alpha value is -0.110. The van der Waals surface area contributed by atoms with Crippen LogP contribution in [0.25, 0.3) is 0 Å². The van der Waals surface area contributed by atoms with Crippen LogP contribution in [0.2, 0.25) is 0 Å². The molecule has 2 heterocycles. The van der Waals surface area contributed by atoms with Gasteiger partial charge in [0.25, 0.3) is 0 Å². The van der Waals surface area contributed by atoms with Crippen molar-refractivity contribution >= 4 is 0 Å². The van der Waals surface area contributed by atoms with E-state index < -0.39 is 6.17 Å². The average Bonchev–Trinajstić information content (AvgIpc) is 2.25. The molecule has 2 unspecified atom stereocenters. The molecule has 2 aliphatic heterocycles. The number of fused-ring (bicyclic) bond motifs is 2. The monoisotopic (exact) mass is 129 g/mol. The summed E-state index contributed by atoms with van der Waals surface area (Å²) < 4.78 is 12.8. The van der Waals surface area contributed by atoms with E-state index in [-0.39, 0.29) is 6.04 Å². The van der Waals surface area contributed by atoms with E-state index in [4.69, 9.17) is 0 Å². The molecule has 0 spiro atoms. The van der Waals surface area contributed by atoms with Crippen LogP contribution in [-0.4, -0.2) is 18.3 Å². The fourth-order valence-corrected chi connectivity index (χ4v) is 1.92. The van der Waals surface area contributed by atoms with Crippen molar-refractivity contribution in [2.45, 2.75) is 43.9 Å². The number of piperidine rings is 1. The molecule has 0 radical (unpaired) electrons. The van der Waals surface area contributed by atoms with E-state index in [9.17, 15) is 4.39 Å². The summed E-state index contributed by atoms with van der Waals surface area (Å²) in [4.78, 5) is 0. The summed E-state index contributed by atoms with van der Waals surface area (Å²) in [6.07, 6.45) is 3.56. The van der Waals surface area contributed by atoms with Crippen LogP contribution in [0.15, 0.2) is 0 Å². The van der Waals surface area contributed by atoms with Gasteiger partial charge in [0.2, 0.25) is 0 Å². The molecule has 9 heavy (non-hydrogen) atoms. The van der Waals surface area contributed by atoms with Gasteiger partial charge in [-0.1, -0.05) is 0 Å². The number of hydrogen-bond donors (Lipinski definition) is 1. The van der Waals surface area contributed by atoms with Crippen molar-refractivity contribution in [2.75, 3.05) is 0 Å². The molecule has 2 fully saturated rings. The van der Waals surface area contributed by atoms with Crippen molar-refractivity contribution in [1.82, 2.24) is 5.32 Å². The maximum absolute atomic E-state index is 12.8. The highest BCUT2D eigenvalue weighted by Gasteiger charge is 2.34. The predicted molar refractivity (Wildman–Crippen MR) is 34.1 cm³/mol. The van der Waals surface area contributed by atoms with E-state index in [1.54, 1.807) is 0 Å². The quantitative estimate of drug-likeness (QED) is 0.519. The van der Waals surface area contributed by atoms with Gasteiger partial charge in [-0.3, -0.25) is 0 Å². The first-order valence-electron chi connectivity index (χ1n) is 3.76. The van der Waals surface area contributed by atoms with E-state index in [0.29, 0.717) is 6.04 Å². The third-order valence-corrected chi connectivity index (χ3v) is 2.50. The lowest BCUT2D eigenvalue weighted by Crippen LogP contribution is -2.41. The summed E-state index contributed by atoms with van der Waals surface area (Å²) in [5, 5.41) is 3.27. The summed E-state index contributed by atoms with van der Waals surface area (Å²) in [5.74, 6) is 0. The lowest BCUT2D eigenvalue weighted by atomic mass is 10.0. The Morgan fingerprint density at radius 3 is 2.67 bits per heavy atom. The lowest BCUT2D eigenvalue weighted by molar-refractivity contribution is 0.208. The van der Waals surface area contributed by atoms with Crippen molar-refractivity contribution in [1.29, 1.82) is 0 Å². The molecular formula is C7H12FN. The molecule has 0 aromatic rings. The van der Waals surface area contributed by atoms with Crippen LogP contribution >= 0.6 is 0 Å². The molecule has 52 valence electrons. The number of alkyl halides is 1. The molecule has 2 rings (SSSR count). The molecule has 1 nitrogen and oxygen atoms in total. The van der Waals surface area contributed by atoms with Crippen LogP contribution in [0.3, 0.4) is 0 Å². The van der Waals surface area contributed by atoms with Crippen molar-refractivity contribution in [3.63, 3.8) is 0 Å². The lowest BCUT2D eigenvalue weighted by Gasteiger charge is -2.23. The molecule has 0 amide bonds. The van der Waals surface area contributed by atoms with Gasteiger partial charge in [-0.05, 0) is 25.7 Å². The van der Waals surface area contributed by atoms with Crippen LogP contribution in [0.5, 0.6) is 0 Å². The summed E-state index contributed by atoms with van der Waals surface area (Å²) in [6, 6.07) is 0.866. The van der Waals surface area contributed by atoms with Crippen molar-refractivity contribution in [3.05, 3.63) is 0 Å². The van der Waals surface area contributed by atoms with Gasteiger partial charge in [-0.2, -0.15) is 0 Å². The average molecular weight is 129 g/mol. The second-order valence-corrected chi connectivity index (χ2v) is 3.14. The van der Waals surface area contributed by atoms with Gasteiger partial charge in [-0.15, -0.1) is 0 Å². The summed E-state index contributed by atoms with van der Waals surface area (Å²) in [5.41, 5.74) is 0. The van der Waals surface area contributed by atoms with E-state index >= 15 is 0 Å². The van der Waals surface area contributed by atoms with Crippen molar-refractivity contribution < 1.29 is 4.39 Å². The van der Waals surface area contributed by atoms with Crippen LogP contribution in [0.1, 0.15) is 25.7 Å². The second-order valence-electron chi connectivity index (χ2n) is 3.14. The van der Waals surface area contributed by atoms with E-state index in [1.807, 2.05) is 0 Å². The molecule has 0 aromatic carbocycles. The first-order valence-corrected chi connectivity index (χ1v) is 3.76. The highest BCUT2D eigenvalue weighted by molar-refractivity contribution is 4.93. The first kappa shape index (κ1) is 5.66. The SMILES string of the molecule is F[C@H]1CCC2CCC1N2. The number of hydrogen-bond acceptors (Lipinski definition) is 1. The largest absolute Gasteiger partial charge is 0.308 e. The third-order valence-electron chi connectivity index (χ3n) is 2.50. The zero-order valence-corrected chi connectivity index (χ0v) is 5.44. The van der Waals surface area contributed by atoms with Gasteiger partial charge >= 0.3 is 0 Å². The van der Waals surface area contributed by atoms with E-state index in [1.165, 1.54) is 6.42 Å². The number of rotatable bonds is 0. The molecule has 2 heteroatoms. The van der Waals surface area contributed by atoms with Crippen LogP contribution in [0.4, 0.5) is 4.39 Å². The zero-order chi connectivity index (χ0) is 6.27.